The van der Waals surface area contributed by atoms with Crippen molar-refractivity contribution in [3.05, 3.63) is 17.0 Å². The molecule has 1 rings (SSSR count). The highest BCUT2D eigenvalue weighted by molar-refractivity contribution is 7.18. The fourth-order valence-corrected chi connectivity index (χ4v) is 2.48. The third kappa shape index (κ3) is 4.34. The summed E-state index contributed by atoms with van der Waals surface area (Å²) < 4.78 is 0. The number of anilines is 1. The van der Waals surface area contributed by atoms with Gasteiger partial charge in [-0.3, -0.25) is 14.4 Å². The van der Waals surface area contributed by atoms with E-state index in [4.69, 9.17) is 5.11 Å². The monoisotopic (exact) mass is 298 g/mol. The van der Waals surface area contributed by atoms with Gasteiger partial charge in [0.2, 0.25) is 5.91 Å². The molecule has 0 spiro atoms. The van der Waals surface area contributed by atoms with Crippen LogP contribution in [0.1, 0.15) is 37.4 Å². The Labute approximate surface area is 121 Å². The highest BCUT2D eigenvalue weighted by Gasteiger charge is 2.30. The van der Waals surface area contributed by atoms with Crippen LogP contribution in [0, 0.1) is 0 Å². The van der Waals surface area contributed by atoms with Crippen molar-refractivity contribution in [2.75, 3.05) is 11.9 Å². The largest absolute Gasteiger partial charge is 0.480 e. The second kappa shape index (κ2) is 6.04. The minimum absolute atomic E-state index is 0.218. The van der Waals surface area contributed by atoms with Gasteiger partial charge >= 0.3 is 5.97 Å². The maximum Gasteiger partial charge on any atom is 0.323 e. The van der Waals surface area contributed by atoms with Crippen molar-refractivity contribution in [1.82, 2.24) is 4.90 Å². The van der Waals surface area contributed by atoms with Crippen LogP contribution in [0.4, 0.5) is 5.00 Å². The Morgan fingerprint density at radius 2 is 1.90 bits per heavy atom. The lowest BCUT2D eigenvalue weighted by Gasteiger charge is -2.34. The SMILES string of the molecule is CC(=O)Nc1ccc(C(=O)N(CC(=O)O)C(C)(C)C)s1. The zero-order chi connectivity index (χ0) is 15.5. The van der Waals surface area contributed by atoms with E-state index in [0.29, 0.717) is 9.88 Å². The standard InChI is InChI=1S/C13H18N2O4S/c1-8(16)14-10-6-5-9(20-10)12(19)15(7-11(17)18)13(2,3)4/h5-6H,7H2,1-4H3,(H,14,16)(H,17,18). The van der Waals surface area contributed by atoms with Crippen LogP contribution in [0.5, 0.6) is 0 Å². The molecule has 2 amide bonds. The summed E-state index contributed by atoms with van der Waals surface area (Å²) >= 11 is 1.12. The van der Waals surface area contributed by atoms with Crippen molar-refractivity contribution in [2.45, 2.75) is 33.2 Å². The molecule has 0 fully saturated rings. The van der Waals surface area contributed by atoms with Gasteiger partial charge in [0.25, 0.3) is 5.91 Å². The first kappa shape index (κ1) is 16.2. The molecule has 1 aromatic rings. The molecule has 20 heavy (non-hydrogen) atoms. The number of carbonyl (C=O) groups is 3. The van der Waals surface area contributed by atoms with Crippen LogP contribution in [0.25, 0.3) is 0 Å². The molecule has 0 aliphatic rings. The highest BCUT2D eigenvalue weighted by atomic mass is 32.1. The maximum absolute atomic E-state index is 12.4. The fraction of sp³-hybridized carbons (Fsp3) is 0.462. The molecule has 0 saturated carbocycles. The molecule has 1 heterocycles. The molecule has 0 radical (unpaired) electrons. The molecule has 0 aliphatic carbocycles. The van der Waals surface area contributed by atoms with Gasteiger partial charge in [-0.05, 0) is 32.9 Å². The Bertz CT molecular complexity index is 531. The summed E-state index contributed by atoms with van der Waals surface area (Å²) in [4.78, 5) is 35.9. The molecule has 0 bridgehead atoms. The average Bonchev–Trinajstić information content (AvgIpc) is 2.70. The number of rotatable bonds is 4. The zero-order valence-corrected chi connectivity index (χ0v) is 12.7. The van der Waals surface area contributed by atoms with Crippen molar-refractivity contribution in [1.29, 1.82) is 0 Å². The van der Waals surface area contributed by atoms with Crippen molar-refractivity contribution < 1.29 is 19.5 Å². The minimum atomic E-state index is -1.06. The van der Waals surface area contributed by atoms with Crippen LogP contribution < -0.4 is 5.32 Å². The number of thiophene rings is 1. The van der Waals surface area contributed by atoms with E-state index in [2.05, 4.69) is 5.32 Å². The molecule has 2 N–H and O–H groups in total. The molecule has 0 aromatic carbocycles. The number of amides is 2. The van der Waals surface area contributed by atoms with Crippen LogP contribution >= 0.6 is 11.3 Å². The molecule has 7 heteroatoms. The lowest BCUT2D eigenvalue weighted by molar-refractivity contribution is -0.138. The molecule has 110 valence electrons. The van der Waals surface area contributed by atoms with E-state index in [1.165, 1.54) is 11.8 Å². The van der Waals surface area contributed by atoms with Crippen LogP contribution in [0.3, 0.4) is 0 Å². The predicted octanol–water partition coefficient (Wildman–Crippen LogP) is 2.03. The Balaban J connectivity index is 2.97. The number of nitrogens with zero attached hydrogens (tertiary/aromatic N) is 1. The number of hydrogen-bond donors (Lipinski definition) is 2. The second-order valence-electron chi connectivity index (χ2n) is 5.30. The van der Waals surface area contributed by atoms with Crippen LogP contribution in [-0.2, 0) is 9.59 Å². The van der Waals surface area contributed by atoms with Crippen LogP contribution in [0.2, 0.25) is 0 Å². The Morgan fingerprint density at radius 3 is 2.35 bits per heavy atom. The number of aliphatic carboxylic acids is 1. The van der Waals surface area contributed by atoms with E-state index in [-0.39, 0.29) is 18.4 Å². The van der Waals surface area contributed by atoms with Crippen LogP contribution in [0.15, 0.2) is 12.1 Å². The second-order valence-corrected chi connectivity index (χ2v) is 6.38. The first-order valence-electron chi connectivity index (χ1n) is 6.02. The summed E-state index contributed by atoms with van der Waals surface area (Å²) in [5.41, 5.74) is -0.604. The third-order valence-corrected chi connectivity index (χ3v) is 3.45. The van der Waals surface area contributed by atoms with E-state index in [0.717, 1.165) is 11.3 Å². The molecule has 0 saturated heterocycles. The van der Waals surface area contributed by atoms with Gasteiger partial charge in [-0.15, -0.1) is 11.3 Å². The van der Waals surface area contributed by atoms with E-state index in [1.807, 2.05) is 0 Å². The summed E-state index contributed by atoms with van der Waals surface area (Å²) in [5, 5.41) is 12.1. The fourth-order valence-electron chi connectivity index (χ4n) is 1.58. The molecule has 0 unspecified atom stereocenters. The van der Waals surface area contributed by atoms with E-state index in [1.54, 1.807) is 32.9 Å². The average molecular weight is 298 g/mol. The van der Waals surface area contributed by atoms with Crippen LogP contribution in [-0.4, -0.2) is 39.9 Å². The van der Waals surface area contributed by atoms with Gasteiger partial charge in [-0.2, -0.15) is 0 Å². The van der Waals surface area contributed by atoms with Gasteiger partial charge in [0.1, 0.15) is 6.54 Å². The van der Waals surface area contributed by atoms with E-state index >= 15 is 0 Å². The Hall–Kier alpha value is -1.89. The third-order valence-electron chi connectivity index (χ3n) is 2.46. The van der Waals surface area contributed by atoms with Gasteiger partial charge in [0, 0.05) is 12.5 Å². The first-order chi connectivity index (χ1) is 9.11. The number of carboxylic acids is 1. The lowest BCUT2D eigenvalue weighted by atomic mass is 10.1. The van der Waals surface area contributed by atoms with Gasteiger partial charge in [0.15, 0.2) is 0 Å². The molecule has 0 atom stereocenters. The summed E-state index contributed by atoms with van der Waals surface area (Å²) in [6, 6.07) is 3.21. The first-order valence-corrected chi connectivity index (χ1v) is 6.84. The number of carbonyl (C=O) groups excluding carboxylic acids is 2. The smallest absolute Gasteiger partial charge is 0.323 e. The maximum atomic E-state index is 12.4. The van der Waals surface area contributed by atoms with E-state index in [9.17, 15) is 14.4 Å². The number of nitrogens with one attached hydrogen (secondary N) is 1. The van der Waals surface area contributed by atoms with Gasteiger partial charge in [0.05, 0.1) is 9.88 Å². The molecule has 6 nitrogen and oxygen atoms in total. The summed E-state index contributed by atoms with van der Waals surface area (Å²) in [5.74, 6) is -1.64. The minimum Gasteiger partial charge on any atom is -0.480 e. The molecule has 1 aromatic heterocycles. The quantitative estimate of drug-likeness (QED) is 0.890. The zero-order valence-electron chi connectivity index (χ0n) is 11.9. The lowest BCUT2D eigenvalue weighted by Crippen LogP contribution is -2.48. The Morgan fingerprint density at radius 1 is 1.30 bits per heavy atom. The summed E-state index contributed by atoms with van der Waals surface area (Å²) in [6.45, 7) is 6.34. The molecular formula is C13H18N2O4S. The van der Waals surface area contributed by atoms with Crippen molar-refractivity contribution in [3.63, 3.8) is 0 Å². The van der Waals surface area contributed by atoms with Gasteiger partial charge < -0.3 is 15.3 Å². The van der Waals surface area contributed by atoms with Crippen molar-refractivity contribution in [2.24, 2.45) is 0 Å². The normalized spacial score (nSPS) is 11.0. The molecule has 0 aliphatic heterocycles. The highest BCUT2D eigenvalue weighted by Crippen LogP contribution is 2.25. The number of carboxylic acid groups (broad SMARTS) is 1. The Kier molecular flexibility index (Phi) is 4.88. The topological polar surface area (TPSA) is 86.7 Å². The van der Waals surface area contributed by atoms with Gasteiger partial charge in [-0.1, -0.05) is 0 Å². The number of hydrogen-bond acceptors (Lipinski definition) is 4. The van der Waals surface area contributed by atoms with Crippen molar-refractivity contribution in [3.8, 4) is 0 Å². The summed E-state index contributed by atoms with van der Waals surface area (Å²) in [7, 11) is 0. The van der Waals surface area contributed by atoms with E-state index < -0.39 is 11.5 Å². The van der Waals surface area contributed by atoms with Crippen molar-refractivity contribution >= 4 is 34.1 Å². The summed E-state index contributed by atoms with van der Waals surface area (Å²) in [6.07, 6.45) is 0. The van der Waals surface area contributed by atoms with Gasteiger partial charge in [-0.25, -0.2) is 0 Å². The predicted molar refractivity (Wildman–Crippen MR) is 77.0 cm³/mol. The molecular weight excluding hydrogens is 280 g/mol.